The predicted octanol–water partition coefficient (Wildman–Crippen LogP) is 1.80. The van der Waals surface area contributed by atoms with Gasteiger partial charge in [-0.25, -0.2) is 13.1 Å². The van der Waals surface area contributed by atoms with Crippen LogP contribution in [0.2, 0.25) is 10.0 Å². The number of aliphatic hydroxyl groups excluding tert-OH is 1. The van der Waals surface area contributed by atoms with E-state index in [1.54, 1.807) is 0 Å². The van der Waals surface area contributed by atoms with Crippen LogP contribution in [0.4, 0.5) is 0 Å². The van der Waals surface area contributed by atoms with Gasteiger partial charge in [0.25, 0.3) is 0 Å². The molecule has 1 aromatic carbocycles. The van der Waals surface area contributed by atoms with Crippen molar-refractivity contribution in [2.24, 2.45) is 0 Å². The molecule has 0 aromatic heterocycles. The highest BCUT2D eigenvalue weighted by molar-refractivity contribution is 7.89. The van der Waals surface area contributed by atoms with E-state index in [0.29, 0.717) is 12.2 Å². The van der Waals surface area contributed by atoms with Crippen LogP contribution in [0.3, 0.4) is 0 Å². The maximum Gasteiger partial charge on any atom is 0.242 e. The summed E-state index contributed by atoms with van der Waals surface area (Å²) in [6.07, 6.45) is 0. The number of halogens is 2. The lowest BCUT2D eigenvalue weighted by molar-refractivity contribution is 0.153. The minimum atomic E-state index is -3.75. The minimum absolute atomic E-state index is 0.00566. The van der Waals surface area contributed by atoms with Gasteiger partial charge in [-0.2, -0.15) is 0 Å². The minimum Gasteiger partial charge on any atom is -0.392 e. The van der Waals surface area contributed by atoms with E-state index in [1.807, 2.05) is 6.92 Å². The fourth-order valence-corrected chi connectivity index (χ4v) is 3.24. The monoisotopic (exact) mass is 327 g/mol. The Morgan fingerprint density at radius 2 is 2.00 bits per heavy atom. The van der Waals surface area contributed by atoms with Crippen LogP contribution in [-0.4, -0.2) is 33.3 Å². The lowest BCUT2D eigenvalue weighted by atomic mass is 10.2. The number of sulfonamides is 1. The highest BCUT2D eigenvalue weighted by Gasteiger charge is 2.19. The zero-order valence-corrected chi connectivity index (χ0v) is 12.6. The van der Waals surface area contributed by atoms with Gasteiger partial charge in [-0.05, 0) is 24.6 Å². The first-order valence-electron chi connectivity index (χ1n) is 5.58. The molecule has 8 heteroatoms. The Morgan fingerprint density at radius 1 is 1.32 bits per heavy atom. The van der Waals surface area contributed by atoms with Crippen LogP contribution in [0.5, 0.6) is 0 Å². The van der Waals surface area contributed by atoms with Crippen molar-refractivity contribution < 1.29 is 18.3 Å². The van der Waals surface area contributed by atoms with E-state index in [2.05, 4.69) is 4.72 Å². The number of aliphatic hydroxyl groups is 1. The molecule has 5 nitrogen and oxygen atoms in total. The van der Waals surface area contributed by atoms with Gasteiger partial charge in [0.2, 0.25) is 10.0 Å². The summed E-state index contributed by atoms with van der Waals surface area (Å²) in [5.41, 5.74) is 0.302. The van der Waals surface area contributed by atoms with Gasteiger partial charge in [-0.1, -0.05) is 23.2 Å². The molecule has 2 N–H and O–H groups in total. The quantitative estimate of drug-likeness (QED) is 0.749. The number of rotatable bonds is 7. The first kappa shape index (κ1) is 16.7. The Hall–Kier alpha value is -0.370. The predicted molar refractivity (Wildman–Crippen MR) is 74.1 cm³/mol. The van der Waals surface area contributed by atoms with Crippen LogP contribution in [0, 0.1) is 0 Å². The van der Waals surface area contributed by atoms with E-state index >= 15 is 0 Å². The molecule has 1 rings (SSSR count). The van der Waals surface area contributed by atoms with Crippen molar-refractivity contribution in [2.75, 3.05) is 19.8 Å². The first-order chi connectivity index (χ1) is 8.92. The Bertz CT molecular complexity index is 534. The van der Waals surface area contributed by atoms with Crippen molar-refractivity contribution >= 4 is 33.2 Å². The molecule has 108 valence electrons. The molecule has 0 fully saturated rings. The first-order valence-corrected chi connectivity index (χ1v) is 7.82. The van der Waals surface area contributed by atoms with Crippen molar-refractivity contribution in [1.29, 1.82) is 0 Å². The maximum absolute atomic E-state index is 12.0. The normalized spacial score (nSPS) is 11.8. The molecule has 1 aromatic rings. The van der Waals surface area contributed by atoms with E-state index < -0.39 is 10.0 Å². The number of hydrogen-bond acceptors (Lipinski definition) is 4. The topological polar surface area (TPSA) is 75.6 Å². The second-order valence-electron chi connectivity index (χ2n) is 3.63. The van der Waals surface area contributed by atoms with E-state index in [-0.39, 0.29) is 34.7 Å². The van der Waals surface area contributed by atoms with Crippen LogP contribution >= 0.6 is 23.2 Å². The average molecular weight is 328 g/mol. The molecule has 0 unspecified atom stereocenters. The largest absolute Gasteiger partial charge is 0.392 e. The third kappa shape index (κ3) is 4.59. The summed E-state index contributed by atoms with van der Waals surface area (Å²) in [5.74, 6) is 0. The van der Waals surface area contributed by atoms with Gasteiger partial charge >= 0.3 is 0 Å². The molecule has 0 amide bonds. The van der Waals surface area contributed by atoms with E-state index in [0.717, 1.165) is 0 Å². The second kappa shape index (κ2) is 7.42. The second-order valence-corrected chi connectivity index (χ2v) is 6.18. The van der Waals surface area contributed by atoms with Gasteiger partial charge < -0.3 is 9.84 Å². The lowest BCUT2D eigenvalue weighted by Crippen LogP contribution is -2.27. The summed E-state index contributed by atoms with van der Waals surface area (Å²) >= 11 is 11.7. The lowest BCUT2D eigenvalue weighted by Gasteiger charge is -2.10. The van der Waals surface area contributed by atoms with Crippen LogP contribution in [0.15, 0.2) is 17.0 Å². The van der Waals surface area contributed by atoms with Gasteiger partial charge in [-0.15, -0.1) is 0 Å². The zero-order chi connectivity index (χ0) is 14.5. The molecule has 0 aliphatic heterocycles. The molecule has 0 saturated heterocycles. The Kier molecular flexibility index (Phi) is 6.52. The molecular weight excluding hydrogens is 313 g/mol. The summed E-state index contributed by atoms with van der Waals surface area (Å²) in [4.78, 5) is -0.112. The Morgan fingerprint density at radius 3 is 2.58 bits per heavy atom. The van der Waals surface area contributed by atoms with Crippen LogP contribution in [-0.2, 0) is 21.4 Å². The summed E-state index contributed by atoms with van der Waals surface area (Å²) in [6, 6.07) is 2.56. The molecule has 0 aliphatic carbocycles. The van der Waals surface area contributed by atoms with Gasteiger partial charge in [0.15, 0.2) is 0 Å². The van der Waals surface area contributed by atoms with Crippen molar-refractivity contribution in [1.82, 2.24) is 4.72 Å². The number of hydrogen-bond donors (Lipinski definition) is 2. The molecule has 0 aliphatic rings. The molecule has 0 atom stereocenters. The molecule has 0 heterocycles. The average Bonchev–Trinajstić information content (AvgIpc) is 2.34. The third-order valence-corrected chi connectivity index (χ3v) is 4.58. The summed E-state index contributed by atoms with van der Waals surface area (Å²) in [5, 5.41) is 9.31. The maximum atomic E-state index is 12.0. The zero-order valence-electron chi connectivity index (χ0n) is 10.3. The van der Waals surface area contributed by atoms with E-state index in [9.17, 15) is 8.42 Å². The van der Waals surface area contributed by atoms with Crippen LogP contribution in [0.25, 0.3) is 0 Å². The highest BCUT2D eigenvalue weighted by atomic mass is 35.5. The fourth-order valence-electron chi connectivity index (χ4n) is 1.37. The number of nitrogens with one attached hydrogen (secondary N) is 1. The fraction of sp³-hybridized carbons (Fsp3) is 0.455. The molecule has 0 radical (unpaired) electrons. The standard InChI is InChI=1S/C11H15Cl2NO4S/c1-2-18-4-3-14-19(16,17)11-5-8(7-15)9(12)6-10(11)13/h5-6,14-15H,2-4,7H2,1H3. The van der Waals surface area contributed by atoms with Gasteiger partial charge in [0, 0.05) is 18.2 Å². The molecule has 19 heavy (non-hydrogen) atoms. The summed E-state index contributed by atoms with van der Waals surface area (Å²) in [7, 11) is -3.75. The van der Waals surface area contributed by atoms with Gasteiger partial charge in [-0.3, -0.25) is 0 Å². The van der Waals surface area contributed by atoms with Crippen LogP contribution < -0.4 is 4.72 Å². The molecule has 0 bridgehead atoms. The van der Waals surface area contributed by atoms with Crippen molar-refractivity contribution in [3.8, 4) is 0 Å². The smallest absolute Gasteiger partial charge is 0.242 e. The highest BCUT2D eigenvalue weighted by Crippen LogP contribution is 2.28. The van der Waals surface area contributed by atoms with Gasteiger partial charge in [0.05, 0.1) is 18.2 Å². The molecule has 0 spiro atoms. The Labute approximate surface area is 122 Å². The van der Waals surface area contributed by atoms with Gasteiger partial charge in [0.1, 0.15) is 4.90 Å². The van der Waals surface area contributed by atoms with E-state index in [1.165, 1.54) is 12.1 Å². The van der Waals surface area contributed by atoms with E-state index in [4.69, 9.17) is 33.0 Å². The van der Waals surface area contributed by atoms with Crippen molar-refractivity contribution in [2.45, 2.75) is 18.4 Å². The number of benzene rings is 1. The van der Waals surface area contributed by atoms with Crippen LogP contribution in [0.1, 0.15) is 12.5 Å². The molecular formula is C11H15Cl2NO4S. The SMILES string of the molecule is CCOCCNS(=O)(=O)c1cc(CO)c(Cl)cc1Cl. The number of ether oxygens (including phenoxy) is 1. The Balaban J connectivity index is 2.94. The summed E-state index contributed by atoms with van der Waals surface area (Å²) in [6.45, 7) is 2.38. The van der Waals surface area contributed by atoms with Crippen molar-refractivity contribution in [3.63, 3.8) is 0 Å². The third-order valence-electron chi connectivity index (χ3n) is 2.30. The van der Waals surface area contributed by atoms with Crippen molar-refractivity contribution in [3.05, 3.63) is 27.7 Å². The molecule has 0 saturated carbocycles. The summed E-state index contributed by atoms with van der Waals surface area (Å²) < 4.78 is 31.4.